The highest BCUT2D eigenvalue weighted by Gasteiger charge is 2.08. The second-order valence-electron chi connectivity index (χ2n) is 6.21. The summed E-state index contributed by atoms with van der Waals surface area (Å²) in [6.45, 7) is 0. The molecule has 2 aromatic carbocycles. The van der Waals surface area contributed by atoms with Crippen LogP contribution in [0.25, 0.3) is 11.0 Å². The van der Waals surface area contributed by atoms with Gasteiger partial charge < -0.3 is 9.73 Å². The van der Waals surface area contributed by atoms with Crippen molar-refractivity contribution in [3.63, 3.8) is 0 Å². The van der Waals surface area contributed by atoms with Crippen LogP contribution in [0.5, 0.6) is 0 Å². The van der Waals surface area contributed by atoms with E-state index < -0.39 is 10.0 Å². The number of anilines is 2. The molecule has 0 unspecified atom stereocenters. The minimum absolute atomic E-state index is 0.00948. The summed E-state index contributed by atoms with van der Waals surface area (Å²) in [6.07, 6.45) is 4.19. The Hall–Kier alpha value is -3.89. The van der Waals surface area contributed by atoms with Crippen LogP contribution in [0.4, 0.5) is 17.5 Å². The van der Waals surface area contributed by atoms with Crippen molar-refractivity contribution in [3.8, 4) is 0 Å². The zero-order valence-corrected chi connectivity index (χ0v) is 16.2. The number of para-hydroxylation sites is 1. The molecular weight excluding hydrogens is 406 g/mol. The van der Waals surface area contributed by atoms with Crippen LogP contribution in [0.15, 0.2) is 86.2 Å². The Balaban J connectivity index is 1.55. The third-order valence-electron chi connectivity index (χ3n) is 4.12. The molecule has 4 aromatic rings. The standard InChI is InChI=1S/C20H15N5O4S/c21-30(27,28)15-7-5-14(6-8-15)24-18-9-10-22-20(25-18)23-11-13-12-29-17-4-2-1-3-16(17)19(13)26/h1-12H,(H2,21,27,28)(H,22,24,25)/b23-11+. The zero-order valence-electron chi connectivity index (χ0n) is 15.4. The summed E-state index contributed by atoms with van der Waals surface area (Å²) in [5.41, 5.74) is 1.17. The van der Waals surface area contributed by atoms with Crippen molar-refractivity contribution in [2.75, 3.05) is 5.32 Å². The number of aliphatic imine (C=N–C) groups is 1. The van der Waals surface area contributed by atoms with Gasteiger partial charge in [0.1, 0.15) is 17.7 Å². The molecule has 4 rings (SSSR count). The lowest BCUT2D eigenvalue weighted by atomic mass is 10.2. The fraction of sp³-hybridized carbons (Fsp3) is 0. The summed E-state index contributed by atoms with van der Waals surface area (Å²) >= 11 is 0. The normalized spacial score (nSPS) is 11.8. The number of hydrogen-bond acceptors (Lipinski definition) is 8. The number of fused-ring (bicyclic) bond motifs is 1. The van der Waals surface area contributed by atoms with Gasteiger partial charge >= 0.3 is 0 Å². The zero-order chi connectivity index (χ0) is 21.1. The number of hydrogen-bond donors (Lipinski definition) is 2. The number of nitrogens with two attached hydrogens (primary N) is 1. The first kappa shape index (κ1) is 19.4. The van der Waals surface area contributed by atoms with Gasteiger partial charge in [0.25, 0.3) is 5.95 Å². The molecule has 0 saturated carbocycles. The highest BCUT2D eigenvalue weighted by atomic mass is 32.2. The Morgan fingerprint density at radius 3 is 2.60 bits per heavy atom. The van der Waals surface area contributed by atoms with Gasteiger partial charge in [-0.05, 0) is 42.5 Å². The van der Waals surface area contributed by atoms with E-state index in [1.54, 1.807) is 42.5 Å². The van der Waals surface area contributed by atoms with E-state index in [0.29, 0.717) is 22.5 Å². The minimum atomic E-state index is -3.76. The van der Waals surface area contributed by atoms with Crippen LogP contribution in [0, 0.1) is 0 Å². The van der Waals surface area contributed by atoms with Gasteiger partial charge in [-0.1, -0.05) is 12.1 Å². The number of sulfonamides is 1. The molecule has 0 aliphatic heterocycles. The molecule has 10 heteroatoms. The van der Waals surface area contributed by atoms with Crippen molar-refractivity contribution >= 4 is 44.7 Å². The van der Waals surface area contributed by atoms with Gasteiger partial charge in [0.05, 0.1) is 15.8 Å². The molecule has 2 heterocycles. The molecule has 0 spiro atoms. The van der Waals surface area contributed by atoms with Crippen molar-refractivity contribution in [1.29, 1.82) is 0 Å². The highest BCUT2D eigenvalue weighted by molar-refractivity contribution is 7.89. The summed E-state index contributed by atoms with van der Waals surface area (Å²) in [5.74, 6) is 0.569. The van der Waals surface area contributed by atoms with E-state index >= 15 is 0 Å². The largest absolute Gasteiger partial charge is 0.463 e. The SMILES string of the molecule is NS(=O)(=O)c1ccc(Nc2ccnc(/N=C/c3coc4ccccc4c3=O)n2)cc1. The lowest BCUT2D eigenvalue weighted by Crippen LogP contribution is -2.11. The van der Waals surface area contributed by atoms with Gasteiger partial charge in [-0.25, -0.2) is 23.5 Å². The topological polar surface area (TPSA) is 141 Å². The first-order valence-corrected chi connectivity index (χ1v) is 10.2. The maximum Gasteiger partial charge on any atom is 0.251 e. The fourth-order valence-corrected chi connectivity index (χ4v) is 3.18. The predicted octanol–water partition coefficient (Wildman–Crippen LogP) is 2.72. The number of aromatic nitrogens is 2. The molecule has 2 aromatic heterocycles. The molecule has 3 N–H and O–H groups in total. The van der Waals surface area contributed by atoms with Gasteiger partial charge in [0, 0.05) is 18.1 Å². The number of rotatable bonds is 5. The molecule has 0 aliphatic rings. The van der Waals surface area contributed by atoms with Gasteiger partial charge in [-0.2, -0.15) is 4.98 Å². The van der Waals surface area contributed by atoms with E-state index in [4.69, 9.17) is 9.56 Å². The molecule has 0 amide bonds. The molecular formula is C20H15N5O4S. The average molecular weight is 421 g/mol. The van der Waals surface area contributed by atoms with Gasteiger partial charge in [0.15, 0.2) is 0 Å². The second kappa shape index (κ2) is 7.85. The first-order chi connectivity index (χ1) is 14.4. The van der Waals surface area contributed by atoms with Crippen LogP contribution < -0.4 is 15.9 Å². The molecule has 0 fully saturated rings. The molecule has 0 saturated heterocycles. The number of nitrogens with zero attached hydrogens (tertiary/aromatic N) is 3. The highest BCUT2D eigenvalue weighted by Crippen LogP contribution is 2.18. The number of primary sulfonamides is 1. The molecule has 150 valence electrons. The Morgan fingerprint density at radius 1 is 1.07 bits per heavy atom. The third-order valence-corrected chi connectivity index (χ3v) is 5.05. The number of benzene rings is 2. The molecule has 0 atom stereocenters. The van der Waals surface area contributed by atoms with E-state index in [2.05, 4.69) is 20.3 Å². The second-order valence-corrected chi connectivity index (χ2v) is 7.77. The van der Waals surface area contributed by atoms with Crippen LogP contribution in [-0.2, 0) is 10.0 Å². The lowest BCUT2D eigenvalue weighted by molar-refractivity contribution is 0.597. The Labute approximate surface area is 171 Å². The molecule has 0 radical (unpaired) electrons. The van der Waals surface area contributed by atoms with Crippen LogP contribution in [0.1, 0.15) is 5.56 Å². The molecule has 0 bridgehead atoms. The third kappa shape index (κ3) is 4.24. The first-order valence-electron chi connectivity index (χ1n) is 8.68. The summed E-state index contributed by atoms with van der Waals surface area (Å²) in [6, 6.07) is 14.5. The van der Waals surface area contributed by atoms with Crippen molar-refractivity contribution < 1.29 is 12.8 Å². The van der Waals surface area contributed by atoms with Crippen molar-refractivity contribution in [2.24, 2.45) is 10.1 Å². The van der Waals surface area contributed by atoms with Crippen molar-refractivity contribution in [3.05, 3.63) is 82.8 Å². The predicted molar refractivity (Wildman–Crippen MR) is 113 cm³/mol. The van der Waals surface area contributed by atoms with Crippen LogP contribution in [0.3, 0.4) is 0 Å². The maximum absolute atomic E-state index is 12.5. The fourth-order valence-electron chi connectivity index (χ4n) is 2.67. The average Bonchev–Trinajstić information content (AvgIpc) is 2.73. The number of nitrogens with one attached hydrogen (secondary N) is 1. The maximum atomic E-state index is 12.5. The lowest BCUT2D eigenvalue weighted by Gasteiger charge is -2.06. The van der Waals surface area contributed by atoms with Gasteiger partial charge in [-0.3, -0.25) is 4.79 Å². The molecule has 9 nitrogen and oxygen atoms in total. The monoisotopic (exact) mass is 421 g/mol. The smallest absolute Gasteiger partial charge is 0.251 e. The van der Waals surface area contributed by atoms with E-state index in [1.807, 2.05) is 0 Å². The van der Waals surface area contributed by atoms with Crippen LogP contribution in [0.2, 0.25) is 0 Å². The molecule has 30 heavy (non-hydrogen) atoms. The van der Waals surface area contributed by atoms with E-state index in [1.165, 1.54) is 30.8 Å². The summed E-state index contributed by atoms with van der Waals surface area (Å²) in [4.78, 5) is 25.0. The van der Waals surface area contributed by atoms with E-state index in [-0.39, 0.29) is 21.8 Å². The van der Waals surface area contributed by atoms with Gasteiger partial charge in [0.2, 0.25) is 15.5 Å². The Kier molecular flexibility index (Phi) is 5.09. The van der Waals surface area contributed by atoms with E-state index in [0.717, 1.165) is 0 Å². The van der Waals surface area contributed by atoms with Crippen molar-refractivity contribution in [1.82, 2.24) is 9.97 Å². The van der Waals surface area contributed by atoms with E-state index in [9.17, 15) is 13.2 Å². The van der Waals surface area contributed by atoms with Crippen LogP contribution in [-0.4, -0.2) is 24.6 Å². The Bertz CT molecular complexity index is 1410. The van der Waals surface area contributed by atoms with Gasteiger partial charge in [-0.15, -0.1) is 0 Å². The summed E-state index contributed by atoms with van der Waals surface area (Å²) in [5, 5.41) is 8.56. The van der Waals surface area contributed by atoms with Crippen LogP contribution >= 0.6 is 0 Å². The quantitative estimate of drug-likeness (QED) is 0.472. The summed E-state index contributed by atoms with van der Waals surface area (Å²) in [7, 11) is -3.76. The summed E-state index contributed by atoms with van der Waals surface area (Å²) < 4.78 is 28.1. The Morgan fingerprint density at radius 2 is 1.83 bits per heavy atom. The van der Waals surface area contributed by atoms with Crippen molar-refractivity contribution in [2.45, 2.75) is 4.90 Å². The molecule has 0 aliphatic carbocycles. The minimum Gasteiger partial charge on any atom is -0.463 e.